The number of aryl methyl sites for hydroxylation is 1. The van der Waals surface area contributed by atoms with Gasteiger partial charge in [-0.25, -0.2) is 9.97 Å². The number of nitriles is 1. The van der Waals surface area contributed by atoms with Crippen LogP contribution in [0.3, 0.4) is 0 Å². The fraction of sp³-hybridized carbons (Fsp3) is 0.500. The predicted octanol–water partition coefficient (Wildman–Crippen LogP) is 0.944. The lowest BCUT2D eigenvalue weighted by atomic mass is 10.1. The van der Waals surface area contributed by atoms with Crippen molar-refractivity contribution in [3.05, 3.63) is 11.3 Å². The number of rotatable bonds is 6. The number of carbonyl (C=O) groups is 1. The van der Waals surface area contributed by atoms with Crippen LogP contribution in [-0.2, 0) is 11.2 Å². The van der Waals surface area contributed by atoms with E-state index in [-0.39, 0.29) is 5.75 Å². The fourth-order valence-electron chi connectivity index (χ4n) is 1.45. The lowest BCUT2D eigenvalue weighted by molar-refractivity contribution is -0.115. The maximum absolute atomic E-state index is 10.9. The predicted molar refractivity (Wildman–Crippen MR) is 75.0 cm³/mol. The van der Waals surface area contributed by atoms with Crippen LogP contribution in [0, 0.1) is 11.3 Å². The average molecular weight is 279 g/mol. The van der Waals surface area contributed by atoms with Gasteiger partial charge in [0.2, 0.25) is 11.9 Å². The summed E-state index contributed by atoms with van der Waals surface area (Å²) in [5.74, 6) is 0.204. The highest BCUT2D eigenvalue weighted by molar-refractivity contribution is 8.00. The van der Waals surface area contributed by atoms with Crippen LogP contribution >= 0.6 is 11.8 Å². The van der Waals surface area contributed by atoms with E-state index in [9.17, 15) is 10.1 Å². The molecule has 0 aromatic carbocycles. The standard InChI is InChI=1S/C12H17N5OS/c1-4-5-9-8(6-13)11(19-7-10(14)18)16-12(15-9)17(2)3/h4-5,7H2,1-3H3,(H2,14,18). The van der Waals surface area contributed by atoms with Crippen molar-refractivity contribution >= 4 is 23.6 Å². The van der Waals surface area contributed by atoms with Crippen LogP contribution in [0.25, 0.3) is 0 Å². The number of aromatic nitrogens is 2. The molecule has 2 N–H and O–H groups in total. The molecule has 1 heterocycles. The highest BCUT2D eigenvalue weighted by Crippen LogP contribution is 2.25. The van der Waals surface area contributed by atoms with Crippen molar-refractivity contribution in [3.63, 3.8) is 0 Å². The van der Waals surface area contributed by atoms with Gasteiger partial charge >= 0.3 is 0 Å². The highest BCUT2D eigenvalue weighted by Gasteiger charge is 2.15. The van der Waals surface area contributed by atoms with Gasteiger partial charge in [0, 0.05) is 14.1 Å². The molecule has 0 radical (unpaired) electrons. The summed E-state index contributed by atoms with van der Waals surface area (Å²) in [6.45, 7) is 2.02. The summed E-state index contributed by atoms with van der Waals surface area (Å²) in [4.78, 5) is 21.3. The Morgan fingerprint density at radius 2 is 2.16 bits per heavy atom. The summed E-state index contributed by atoms with van der Waals surface area (Å²) in [5.41, 5.74) is 6.29. The third kappa shape index (κ3) is 4.10. The van der Waals surface area contributed by atoms with E-state index in [1.807, 2.05) is 21.0 Å². The topological polar surface area (TPSA) is 95.9 Å². The maximum Gasteiger partial charge on any atom is 0.227 e. The number of hydrogen-bond acceptors (Lipinski definition) is 6. The van der Waals surface area contributed by atoms with Crippen molar-refractivity contribution in [1.82, 2.24) is 9.97 Å². The van der Waals surface area contributed by atoms with Crippen LogP contribution in [0.4, 0.5) is 5.95 Å². The Hall–Kier alpha value is -1.81. The summed E-state index contributed by atoms with van der Waals surface area (Å²) in [6, 6.07) is 2.12. The van der Waals surface area contributed by atoms with Crippen molar-refractivity contribution < 1.29 is 4.79 Å². The van der Waals surface area contributed by atoms with E-state index in [0.717, 1.165) is 12.1 Å². The van der Waals surface area contributed by atoms with Crippen LogP contribution in [0.15, 0.2) is 5.03 Å². The molecule has 0 unspecified atom stereocenters. The summed E-state index contributed by atoms with van der Waals surface area (Å²) in [6.07, 6.45) is 1.59. The molecule has 0 aliphatic heterocycles. The second-order valence-corrected chi connectivity index (χ2v) is 5.13. The van der Waals surface area contributed by atoms with E-state index in [1.165, 1.54) is 11.8 Å². The third-order valence-electron chi connectivity index (χ3n) is 2.29. The Kier molecular flexibility index (Phi) is 5.57. The normalized spacial score (nSPS) is 10.0. The van der Waals surface area contributed by atoms with Gasteiger partial charge in [-0.3, -0.25) is 4.79 Å². The molecule has 0 atom stereocenters. The molecule has 0 bridgehead atoms. The Balaban J connectivity index is 3.24. The monoisotopic (exact) mass is 279 g/mol. The summed E-state index contributed by atoms with van der Waals surface area (Å²) in [5, 5.41) is 9.76. The van der Waals surface area contributed by atoms with Gasteiger partial charge < -0.3 is 10.6 Å². The Morgan fingerprint density at radius 1 is 1.47 bits per heavy atom. The molecule has 102 valence electrons. The molecule has 0 saturated heterocycles. The first-order chi connectivity index (χ1) is 8.99. The van der Waals surface area contributed by atoms with E-state index >= 15 is 0 Å². The molecular weight excluding hydrogens is 262 g/mol. The van der Waals surface area contributed by atoms with Crippen molar-refractivity contribution in [1.29, 1.82) is 5.26 Å². The largest absolute Gasteiger partial charge is 0.369 e. The molecule has 0 spiro atoms. The van der Waals surface area contributed by atoms with E-state index in [2.05, 4.69) is 16.0 Å². The van der Waals surface area contributed by atoms with Crippen LogP contribution in [0.1, 0.15) is 24.6 Å². The summed E-state index contributed by atoms with van der Waals surface area (Å²) < 4.78 is 0. The Morgan fingerprint density at radius 3 is 2.63 bits per heavy atom. The zero-order valence-electron chi connectivity index (χ0n) is 11.3. The van der Waals surface area contributed by atoms with Crippen molar-refractivity contribution in [2.24, 2.45) is 5.73 Å². The molecule has 0 aliphatic rings. The summed E-state index contributed by atoms with van der Waals surface area (Å²) >= 11 is 1.18. The molecule has 19 heavy (non-hydrogen) atoms. The first-order valence-corrected chi connectivity index (χ1v) is 6.87. The fourth-order valence-corrected chi connectivity index (χ4v) is 2.18. The number of carbonyl (C=O) groups excluding carboxylic acids is 1. The Bertz CT molecular complexity index is 510. The number of hydrogen-bond donors (Lipinski definition) is 1. The first kappa shape index (κ1) is 15.2. The zero-order valence-corrected chi connectivity index (χ0v) is 12.1. The van der Waals surface area contributed by atoms with Gasteiger partial charge in [-0.05, 0) is 6.42 Å². The van der Waals surface area contributed by atoms with Crippen molar-refractivity contribution in [2.45, 2.75) is 24.8 Å². The quantitative estimate of drug-likeness (QED) is 0.615. The number of nitrogens with two attached hydrogens (primary N) is 1. The molecular formula is C12H17N5OS. The van der Waals surface area contributed by atoms with Crippen molar-refractivity contribution in [3.8, 4) is 6.07 Å². The summed E-state index contributed by atoms with van der Waals surface area (Å²) in [7, 11) is 3.67. The van der Waals surface area contributed by atoms with Gasteiger partial charge in [0.15, 0.2) is 0 Å². The van der Waals surface area contributed by atoms with Crippen LogP contribution in [0.5, 0.6) is 0 Å². The van der Waals surface area contributed by atoms with Gasteiger partial charge in [-0.1, -0.05) is 25.1 Å². The highest BCUT2D eigenvalue weighted by atomic mass is 32.2. The lowest BCUT2D eigenvalue weighted by Crippen LogP contribution is -2.17. The van der Waals surface area contributed by atoms with Gasteiger partial charge in [0.05, 0.1) is 11.4 Å². The van der Waals surface area contributed by atoms with E-state index in [0.29, 0.717) is 23.0 Å². The van der Waals surface area contributed by atoms with Gasteiger partial charge in [0.1, 0.15) is 16.7 Å². The van der Waals surface area contributed by atoms with Gasteiger partial charge in [-0.15, -0.1) is 0 Å². The smallest absolute Gasteiger partial charge is 0.227 e. The van der Waals surface area contributed by atoms with E-state index in [1.54, 1.807) is 4.90 Å². The molecule has 0 aliphatic carbocycles. The number of amides is 1. The Labute approximate surface area is 117 Å². The molecule has 1 amide bonds. The minimum atomic E-state index is -0.434. The second kappa shape index (κ2) is 6.95. The molecule has 6 nitrogen and oxygen atoms in total. The van der Waals surface area contributed by atoms with Crippen LogP contribution in [0.2, 0.25) is 0 Å². The number of thioether (sulfide) groups is 1. The van der Waals surface area contributed by atoms with E-state index in [4.69, 9.17) is 5.73 Å². The number of primary amides is 1. The van der Waals surface area contributed by atoms with E-state index < -0.39 is 5.91 Å². The zero-order chi connectivity index (χ0) is 14.4. The molecule has 0 fully saturated rings. The molecule has 1 aromatic heterocycles. The first-order valence-electron chi connectivity index (χ1n) is 5.89. The van der Waals surface area contributed by atoms with Gasteiger partial charge in [0.25, 0.3) is 0 Å². The minimum Gasteiger partial charge on any atom is -0.369 e. The number of nitrogens with zero attached hydrogens (tertiary/aromatic N) is 4. The molecule has 7 heteroatoms. The SMILES string of the molecule is CCCc1nc(N(C)C)nc(SCC(N)=O)c1C#N. The van der Waals surface area contributed by atoms with Gasteiger partial charge in [-0.2, -0.15) is 5.26 Å². The maximum atomic E-state index is 10.9. The second-order valence-electron chi connectivity index (χ2n) is 4.16. The average Bonchev–Trinajstić information content (AvgIpc) is 2.36. The molecule has 1 aromatic rings. The molecule has 1 rings (SSSR count). The van der Waals surface area contributed by atoms with Crippen molar-refractivity contribution in [2.75, 3.05) is 24.7 Å². The minimum absolute atomic E-state index is 0.101. The van der Waals surface area contributed by atoms with Crippen LogP contribution in [-0.4, -0.2) is 35.7 Å². The lowest BCUT2D eigenvalue weighted by Gasteiger charge is -2.14. The number of anilines is 1. The van der Waals surface area contributed by atoms with Crippen LogP contribution < -0.4 is 10.6 Å². The third-order valence-corrected chi connectivity index (χ3v) is 3.29. The molecule has 0 saturated carbocycles.